The number of hydrogen-bond donors (Lipinski definition) is 2. The van der Waals surface area contributed by atoms with E-state index < -0.39 is 5.91 Å². The maximum atomic E-state index is 10.4. The Morgan fingerprint density at radius 1 is 1.62 bits per heavy atom. The minimum Gasteiger partial charge on any atom is -0.489 e. The molecule has 1 amide bonds. The quantitative estimate of drug-likeness (QED) is 0.679. The highest BCUT2D eigenvalue weighted by Crippen LogP contribution is 2.16. The molecule has 0 bridgehead atoms. The average Bonchev–Trinajstić information content (AvgIpc) is 2.08. The highest BCUT2D eigenvalue weighted by atomic mass is 16.5. The van der Waals surface area contributed by atoms with Gasteiger partial charge < -0.3 is 16.2 Å². The van der Waals surface area contributed by atoms with Gasteiger partial charge in [0.25, 0.3) is 0 Å². The van der Waals surface area contributed by atoms with Crippen LogP contribution in [-0.4, -0.2) is 17.5 Å². The molecule has 0 aromatic carbocycles. The first-order valence-corrected chi connectivity index (χ1v) is 3.81. The van der Waals surface area contributed by atoms with Gasteiger partial charge in [-0.05, 0) is 12.1 Å². The van der Waals surface area contributed by atoms with Crippen molar-refractivity contribution < 1.29 is 9.53 Å². The van der Waals surface area contributed by atoms with Gasteiger partial charge in [-0.2, -0.15) is 0 Å². The molecule has 0 unspecified atom stereocenters. The summed E-state index contributed by atoms with van der Waals surface area (Å²) in [5, 5.41) is 0. The number of nitrogens with two attached hydrogens (primary N) is 2. The second kappa shape index (κ2) is 4.30. The minimum absolute atomic E-state index is 0.175. The van der Waals surface area contributed by atoms with Crippen molar-refractivity contribution in [1.29, 1.82) is 0 Å². The molecule has 1 aromatic heterocycles. The number of nitrogens with zero attached hydrogens (tertiary/aromatic N) is 1. The standard InChI is InChI=1S/C8H11N3O2/c9-7(12)3-5-13-6-2-1-4-11-8(6)10/h1-2,4H,3,5H2,(H2,9,12)(H2,10,11). The molecule has 70 valence electrons. The number of rotatable bonds is 4. The van der Waals surface area contributed by atoms with E-state index in [1.54, 1.807) is 18.3 Å². The van der Waals surface area contributed by atoms with E-state index in [1.807, 2.05) is 0 Å². The van der Waals surface area contributed by atoms with E-state index in [1.165, 1.54) is 0 Å². The molecule has 5 heteroatoms. The third-order valence-corrected chi connectivity index (χ3v) is 1.41. The summed E-state index contributed by atoms with van der Waals surface area (Å²) in [6.45, 7) is 0.227. The van der Waals surface area contributed by atoms with Gasteiger partial charge >= 0.3 is 0 Å². The van der Waals surface area contributed by atoms with Crippen molar-refractivity contribution in [2.45, 2.75) is 6.42 Å². The molecule has 1 aromatic rings. The van der Waals surface area contributed by atoms with Gasteiger partial charge in [-0.1, -0.05) is 0 Å². The SMILES string of the molecule is NC(=O)CCOc1cccnc1N. The maximum Gasteiger partial charge on any atom is 0.220 e. The van der Waals surface area contributed by atoms with Crippen LogP contribution in [0.5, 0.6) is 5.75 Å². The molecule has 0 saturated heterocycles. The second-order valence-electron chi connectivity index (χ2n) is 2.45. The number of nitrogen functional groups attached to an aromatic ring is 1. The molecule has 0 atom stereocenters. The van der Waals surface area contributed by atoms with E-state index in [9.17, 15) is 4.79 Å². The lowest BCUT2D eigenvalue weighted by Gasteiger charge is -2.05. The van der Waals surface area contributed by atoms with E-state index in [-0.39, 0.29) is 13.0 Å². The van der Waals surface area contributed by atoms with E-state index >= 15 is 0 Å². The van der Waals surface area contributed by atoms with Crippen LogP contribution in [-0.2, 0) is 4.79 Å². The Bertz CT molecular complexity index is 301. The number of hydrogen-bond acceptors (Lipinski definition) is 4. The zero-order valence-corrected chi connectivity index (χ0v) is 7.06. The molecule has 0 spiro atoms. The molecule has 4 N–H and O–H groups in total. The van der Waals surface area contributed by atoms with E-state index in [4.69, 9.17) is 16.2 Å². The van der Waals surface area contributed by atoms with E-state index in [0.29, 0.717) is 11.6 Å². The van der Waals surface area contributed by atoms with Crippen molar-refractivity contribution in [3.8, 4) is 5.75 Å². The van der Waals surface area contributed by atoms with Crippen molar-refractivity contribution in [3.63, 3.8) is 0 Å². The fourth-order valence-corrected chi connectivity index (χ4v) is 0.786. The number of amides is 1. The molecule has 0 aliphatic heterocycles. The summed E-state index contributed by atoms with van der Waals surface area (Å²) in [6, 6.07) is 3.39. The Kier molecular flexibility index (Phi) is 3.08. The molecule has 1 heterocycles. The van der Waals surface area contributed by atoms with Gasteiger partial charge in [-0.3, -0.25) is 4.79 Å². The number of pyridine rings is 1. The molecule has 0 aliphatic carbocycles. The zero-order valence-electron chi connectivity index (χ0n) is 7.06. The largest absolute Gasteiger partial charge is 0.489 e. The Labute approximate surface area is 75.7 Å². The first kappa shape index (κ1) is 9.31. The lowest BCUT2D eigenvalue weighted by Crippen LogP contribution is -2.15. The molecule has 0 fully saturated rings. The van der Waals surface area contributed by atoms with Crippen LogP contribution < -0.4 is 16.2 Å². The first-order valence-electron chi connectivity index (χ1n) is 3.81. The maximum absolute atomic E-state index is 10.4. The molecule has 0 aliphatic rings. The van der Waals surface area contributed by atoms with Crippen molar-refractivity contribution in [1.82, 2.24) is 4.98 Å². The van der Waals surface area contributed by atoms with Crippen LogP contribution in [0.1, 0.15) is 6.42 Å². The number of ether oxygens (including phenoxy) is 1. The van der Waals surface area contributed by atoms with Gasteiger partial charge in [0.1, 0.15) is 0 Å². The zero-order chi connectivity index (χ0) is 9.68. The predicted molar refractivity (Wildman–Crippen MR) is 48.0 cm³/mol. The van der Waals surface area contributed by atoms with Gasteiger partial charge in [0.05, 0.1) is 13.0 Å². The molecule has 1 rings (SSSR count). The van der Waals surface area contributed by atoms with E-state index in [2.05, 4.69) is 4.98 Å². The third kappa shape index (κ3) is 2.98. The summed E-state index contributed by atoms with van der Waals surface area (Å²) < 4.78 is 5.16. The smallest absolute Gasteiger partial charge is 0.220 e. The molecule has 0 radical (unpaired) electrons. The van der Waals surface area contributed by atoms with Gasteiger partial charge in [0.15, 0.2) is 11.6 Å². The second-order valence-corrected chi connectivity index (χ2v) is 2.45. The van der Waals surface area contributed by atoms with Gasteiger partial charge in [0, 0.05) is 6.20 Å². The lowest BCUT2D eigenvalue weighted by atomic mass is 10.4. The van der Waals surface area contributed by atoms with Crippen molar-refractivity contribution >= 4 is 11.7 Å². The fourth-order valence-electron chi connectivity index (χ4n) is 0.786. The van der Waals surface area contributed by atoms with Crippen molar-refractivity contribution in [2.24, 2.45) is 5.73 Å². The van der Waals surface area contributed by atoms with E-state index in [0.717, 1.165) is 0 Å². The van der Waals surface area contributed by atoms with Crippen LogP contribution >= 0.6 is 0 Å². The monoisotopic (exact) mass is 181 g/mol. The minimum atomic E-state index is -0.400. The topological polar surface area (TPSA) is 91.2 Å². The molecular formula is C8H11N3O2. The van der Waals surface area contributed by atoms with Crippen LogP contribution in [0.2, 0.25) is 0 Å². The summed E-state index contributed by atoms with van der Waals surface area (Å²) >= 11 is 0. The number of carbonyl (C=O) groups excluding carboxylic acids is 1. The van der Waals surface area contributed by atoms with Crippen LogP contribution in [0.3, 0.4) is 0 Å². The summed E-state index contributed by atoms with van der Waals surface area (Å²) in [4.78, 5) is 14.2. The Hall–Kier alpha value is -1.78. The third-order valence-electron chi connectivity index (χ3n) is 1.41. The molecule has 0 saturated carbocycles. The molecule has 5 nitrogen and oxygen atoms in total. The highest BCUT2D eigenvalue weighted by Gasteiger charge is 2.00. The van der Waals surface area contributed by atoms with Crippen LogP contribution in [0.15, 0.2) is 18.3 Å². The van der Waals surface area contributed by atoms with Crippen molar-refractivity contribution in [3.05, 3.63) is 18.3 Å². The van der Waals surface area contributed by atoms with Gasteiger partial charge in [-0.25, -0.2) is 4.98 Å². The number of anilines is 1. The Balaban J connectivity index is 2.45. The predicted octanol–water partition coefficient (Wildman–Crippen LogP) is -0.0820. The summed E-state index contributed by atoms with van der Waals surface area (Å²) in [5.41, 5.74) is 10.4. The molecule has 13 heavy (non-hydrogen) atoms. The van der Waals surface area contributed by atoms with Crippen LogP contribution in [0.25, 0.3) is 0 Å². The average molecular weight is 181 g/mol. The van der Waals surface area contributed by atoms with Crippen molar-refractivity contribution in [2.75, 3.05) is 12.3 Å². The number of carbonyl (C=O) groups is 1. The summed E-state index contributed by atoms with van der Waals surface area (Å²) in [6.07, 6.45) is 1.74. The summed E-state index contributed by atoms with van der Waals surface area (Å²) in [7, 11) is 0. The van der Waals surface area contributed by atoms with Crippen LogP contribution in [0.4, 0.5) is 5.82 Å². The Morgan fingerprint density at radius 2 is 2.38 bits per heavy atom. The molecular weight excluding hydrogens is 170 g/mol. The van der Waals surface area contributed by atoms with Crippen LogP contribution in [0, 0.1) is 0 Å². The normalized spacial score (nSPS) is 9.54. The van der Waals surface area contributed by atoms with Gasteiger partial charge in [0.2, 0.25) is 5.91 Å². The van der Waals surface area contributed by atoms with Gasteiger partial charge in [-0.15, -0.1) is 0 Å². The fraction of sp³-hybridized carbons (Fsp3) is 0.250. The lowest BCUT2D eigenvalue weighted by molar-refractivity contribution is -0.118. The summed E-state index contributed by atoms with van der Waals surface area (Å²) in [5.74, 6) is 0.387. The first-order chi connectivity index (χ1) is 6.20. The number of primary amides is 1. The number of aromatic nitrogens is 1. The Morgan fingerprint density at radius 3 is 3.00 bits per heavy atom. The highest BCUT2D eigenvalue weighted by molar-refractivity contribution is 5.73.